The molecule has 3 aromatic rings. The average Bonchev–Trinajstić information content (AvgIpc) is 2.92. The molecule has 0 radical (unpaired) electrons. The van der Waals surface area contributed by atoms with E-state index in [4.69, 9.17) is 4.74 Å². The zero-order chi connectivity index (χ0) is 23.2. The third-order valence-electron chi connectivity index (χ3n) is 7.81. The van der Waals surface area contributed by atoms with Crippen LogP contribution in [0.1, 0.15) is 54.4 Å². The monoisotopic (exact) mass is 455 g/mol. The lowest BCUT2D eigenvalue weighted by molar-refractivity contribution is -0.0146. The Kier molecular flexibility index (Phi) is 7.32. The molecule has 2 aliphatic rings. The molecule has 1 saturated heterocycles. The Morgan fingerprint density at radius 2 is 1.41 bits per heavy atom. The predicted octanol–water partition coefficient (Wildman–Crippen LogP) is 5.98. The smallest absolute Gasteiger partial charge is 0.119 e. The molecule has 0 bridgehead atoms. The molecule has 1 fully saturated rings. The maximum Gasteiger partial charge on any atom is 0.119 e. The van der Waals surface area contributed by atoms with Gasteiger partial charge in [0, 0.05) is 6.54 Å². The van der Waals surface area contributed by atoms with Gasteiger partial charge in [-0.3, -0.25) is 0 Å². The number of rotatable bonds is 8. The molecule has 1 heterocycles. The average molecular weight is 456 g/mol. The summed E-state index contributed by atoms with van der Waals surface area (Å²) in [5.41, 5.74) is 4.04. The number of piperidine rings is 1. The van der Waals surface area contributed by atoms with E-state index in [2.05, 4.69) is 47.4 Å². The van der Waals surface area contributed by atoms with Crippen LogP contribution in [-0.4, -0.2) is 36.2 Å². The number of aliphatic hydroxyl groups is 1. The summed E-state index contributed by atoms with van der Waals surface area (Å²) in [5, 5.41) is 12.1. The van der Waals surface area contributed by atoms with Crippen molar-refractivity contribution in [2.75, 3.05) is 26.2 Å². The van der Waals surface area contributed by atoms with Crippen LogP contribution in [0.25, 0.3) is 0 Å². The molecule has 3 aromatic carbocycles. The first kappa shape index (κ1) is 23.1. The van der Waals surface area contributed by atoms with Gasteiger partial charge in [-0.15, -0.1) is 0 Å². The van der Waals surface area contributed by atoms with E-state index < -0.39 is 5.60 Å². The highest BCUT2D eigenvalue weighted by atomic mass is 16.5. The SMILES string of the molecule is OC(c1ccccc1)(c1ccccc1)C1CCN(CCCOc2ccc3c(c2)CCCC3)CC1. The highest BCUT2D eigenvalue weighted by Crippen LogP contribution is 2.41. The second kappa shape index (κ2) is 10.8. The Hall–Kier alpha value is -2.62. The quantitative estimate of drug-likeness (QED) is 0.424. The third kappa shape index (κ3) is 5.06. The van der Waals surface area contributed by atoms with Crippen LogP contribution in [0.5, 0.6) is 5.75 Å². The zero-order valence-corrected chi connectivity index (χ0v) is 20.2. The van der Waals surface area contributed by atoms with Gasteiger partial charge in [0.2, 0.25) is 0 Å². The summed E-state index contributed by atoms with van der Waals surface area (Å²) < 4.78 is 6.09. The third-order valence-corrected chi connectivity index (χ3v) is 7.81. The van der Waals surface area contributed by atoms with Gasteiger partial charge in [0.25, 0.3) is 0 Å². The molecule has 5 rings (SSSR count). The Morgan fingerprint density at radius 1 is 0.794 bits per heavy atom. The Morgan fingerprint density at radius 3 is 2.06 bits per heavy atom. The normalized spacial score (nSPS) is 17.3. The van der Waals surface area contributed by atoms with E-state index in [0.717, 1.165) is 62.4 Å². The van der Waals surface area contributed by atoms with Crippen molar-refractivity contribution in [1.82, 2.24) is 4.90 Å². The van der Waals surface area contributed by atoms with Crippen LogP contribution in [0.4, 0.5) is 0 Å². The van der Waals surface area contributed by atoms with Crippen LogP contribution in [-0.2, 0) is 18.4 Å². The van der Waals surface area contributed by atoms with Gasteiger partial charge in [0.05, 0.1) is 6.61 Å². The minimum atomic E-state index is -0.940. The van der Waals surface area contributed by atoms with Gasteiger partial charge in [-0.2, -0.15) is 0 Å². The van der Waals surface area contributed by atoms with Crippen molar-refractivity contribution in [3.63, 3.8) is 0 Å². The maximum atomic E-state index is 12.1. The van der Waals surface area contributed by atoms with E-state index in [1.54, 1.807) is 0 Å². The van der Waals surface area contributed by atoms with Crippen LogP contribution >= 0.6 is 0 Å². The number of ether oxygens (including phenoxy) is 1. The lowest BCUT2D eigenvalue weighted by atomic mass is 9.72. The van der Waals surface area contributed by atoms with Gasteiger partial charge >= 0.3 is 0 Å². The molecule has 0 spiro atoms. The number of likely N-dealkylation sites (tertiary alicyclic amines) is 1. The number of hydrogen-bond acceptors (Lipinski definition) is 3. The van der Waals surface area contributed by atoms with Crippen LogP contribution in [0.3, 0.4) is 0 Å². The first-order chi connectivity index (χ1) is 16.7. The summed E-state index contributed by atoms with van der Waals surface area (Å²) in [6, 6.07) is 27.1. The van der Waals surface area contributed by atoms with Gasteiger partial charge in [-0.25, -0.2) is 0 Å². The molecule has 0 amide bonds. The highest BCUT2D eigenvalue weighted by molar-refractivity contribution is 5.38. The summed E-state index contributed by atoms with van der Waals surface area (Å²) in [7, 11) is 0. The summed E-state index contributed by atoms with van der Waals surface area (Å²) in [4.78, 5) is 2.53. The van der Waals surface area contributed by atoms with E-state index in [-0.39, 0.29) is 5.92 Å². The molecule has 1 aliphatic carbocycles. The van der Waals surface area contributed by atoms with Gasteiger partial charge in [0.1, 0.15) is 11.4 Å². The molecule has 3 nitrogen and oxygen atoms in total. The number of hydrogen-bond donors (Lipinski definition) is 1. The Balaban J connectivity index is 1.14. The predicted molar refractivity (Wildman–Crippen MR) is 138 cm³/mol. The topological polar surface area (TPSA) is 32.7 Å². The summed E-state index contributed by atoms with van der Waals surface area (Å²) in [6.45, 7) is 3.85. The van der Waals surface area contributed by atoms with E-state index >= 15 is 0 Å². The number of benzene rings is 3. The number of nitrogens with zero attached hydrogens (tertiary/aromatic N) is 1. The Labute approximate surface area is 204 Å². The molecule has 0 unspecified atom stereocenters. The first-order valence-electron chi connectivity index (χ1n) is 13.0. The zero-order valence-electron chi connectivity index (χ0n) is 20.2. The van der Waals surface area contributed by atoms with Crippen molar-refractivity contribution in [2.45, 2.75) is 50.5 Å². The molecule has 0 atom stereocenters. The molecule has 0 aromatic heterocycles. The van der Waals surface area contributed by atoms with Crippen LogP contribution < -0.4 is 4.74 Å². The molecular weight excluding hydrogens is 418 g/mol. The number of fused-ring (bicyclic) bond motifs is 1. The van der Waals surface area contributed by atoms with E-state index in [1.807, 2.05) is 36.4 Å². The van der Waals surface area contributed by atoms with Gasteiger partial charge < -0.3 is 14.7 Å². The van der Waals surface area contributed by atoms with Crippen molar-refractivity contribution >= 4 is 0 Å². The van der Waals surface area contributed by atoms with Crippen molar-refractivity contribution < 1.29 is 9.84 Å². The fourth-order valence-corrected chi connectivity index (χ4v) is 5.87. The molecule has 34 heavy (non-hydrogen) atoms. The summed E-state index contributed by atoms with van der Waals surface area (Å²) in [6.07, 6.45) is 8.05. The van der Waals surface area contributed by atoms with Crippen molar-refractivity contribution in [3.05, 3.63) is 101 Å². The molecule has 1 N–H and O–H groups in total. The minimum absolute atomic E-state index is 0.209. The van der Waals surface area contributed by atoms with Gasteiger partial charge in [-0.05, 0) is 98.3 Å². The minimum Gasteiger partial charge on any atom is -0.494 e. The van der Waals surface area contributed by atoms with E-state index in [0.29, 0.717) is 0 Å². The molecular formula is C31H37NO2. The standard InChI is InChI=1S/C31H37NO2/c33-31(27-12-3-1-4-13-27,28-14-5-2-6-15-28)29-18-21-32(22-19-29)20-9-23-34-30-17-16-25-10-7-8-11-26(25)24-30/h1-6,12-17,24,29,33H,7-11,18-23H2. The molecule has 3 heteroatoms. The van der Waals surface area contributed by atoms with Crippen molar-refractivity contribution in [2.24, 2.45) is 5.92 Å². The van der Waals surface area contributed by atoms with Crippen LogP contribution in [0.2, 0.25) is 0 Å². The van der Waals surface area contributed by atoms with Gasteiger partial charge in [-0.1, -0.05) is 66.7 Å². The lowest BCUT2D eigenvalue weighted by Gasteiger charge is -2.42. The fourth-order valence-electron chi connectivity index (χ4n) is 5.87. The van der Waals surface area contributed by atoms with E-state index in [9.17, 15) is 5.11 Å². The fraction of sp³-hybridized carbons (Fsp3) is 0.419. The highest BCUT2D eigenvalue weighted by Gasteiger charge is 2.41. The van der Waals surface area contributed by atoms with Crippen molar-refractivity contribution in [3.8, 4) is 5.75 Å². The summed E-state index contributed by atoms with van der Waals surface area (Å²) in [5.74, 6) is 1.23. The molecule has 0 saturated carbocycles. The second-order valence-electron chi connectivity index (χ2n) is 9.95. The van der Waals surface area contributed by atoms with Crippen LogP contribution in [0, 0.1) is 5.92 Å². The maximum absolute atomic E-state index is 12.1. The largest absolute Gasteiger partial charge is 0.494 e. The lowest BCUT2D eigenvalue weighted by Crippen LogP contribution is -2.44. The molecule has 178 valence electrons. The number of aryl methyl sites for hydroxylation is 2. The second-order valence-corrected chi connectivity index (χ2v) is 9.95. The van der Waals surface area contributed by atoms with Gasteiger partial charge in [0.15, 0.2) is 0 Å². The Bertz CT molecular complexity index is 1000. The first-order valence-corrected chi connectivity index (χ1v) is 13.0. The molecule has 1 aliphatic heterocycles. The van der Waals surface area contributed by atoms with E-state index in [1.165, 1.54) is 36.8 Å². The van der Waals surface area contributed by atoms with Crippen LogP contribution in [0.15, 0.2) is 78.9 Å². The van der Waals surface area contributed by atoms with Crippen molar-refractivity contribution in [1.29, 1.82) is 0 Å². The summed E-state index contributed by atoms with van der Waals surface area (Å²) >= 11 is 0.